The van der Waals surface area contributed by atoms with Crippen LogP contribution in [0.4, 0.5) is 5.82 Å². The van der Waals surface area contributed by atoms with Crippen molar-refractivity contribution in [2.24, 2.45) is 5.73 Å². The zero-order valence-electron chi connectivity index (χ0n) is 9.17. The number of aromatic nitrogens is 3. The lowest BCUT2D eigenvalue weighted by Gasteiger charge is -2.07. The number of rotatable bonds is 4. The second kappa shape index (κ2) is 5.15. The summed E-state index contributed by atoms with van der Waals surface area (Å²) in [6.07, 6.45) is 1.56. The monoisotopic (exact) mass is 265 g/mol. The standard InChI is InChI=1S/C10H11N5S2/c1-6-14-7(5-17-6)4-12-10-8(9(11)16)2-3-13-15-10/h2-3,5H,4H2,1H3,(H2,11,16)(H,12,15). The molecule has 0 amide bonds. The molecule has 2 aromatic heterocycles. The van der Waals surface area contributed by atoms with E-state index in [4.69, 9.17) is 18.0 Å². The molecule has 0 saturated heterocycles. The summed E-state index contributed by atoms with van der Waals surface area (Å²) in [5.41, 5.74) is 7.26. The molecular formula is C10H11N5S2. The molecule has 0 unspecified atom stereocenters. The predicted octanol–water partition coefficient (Wildman–Crippen LogP) is 1.49. The van der Waals surface area contributed by atoms with Crippen LogP contribution in [0.25, 0.3) is 0 Å². The summed E-state index contributed by atoms with van der Waals surface area (Å²) >= 11 is 6.55. The Morgan fingerprint density at radius 1 is 1.59 bits per heavy atom. The molecule has 2 rings (SSSR count). The van der Waals surface area contributed by atoms with Crippen LogP contribution in [0.5, 0.6) is 0 Å². The van der Waals surface area contributed by atoms with E-state index in [9.17, 15) is 0 Å². The molecule has 2 aromatic rings. The first-order chi connectivity index (χ1) is 8.16. The van der Waals surface area contributed by atoms with E-state index < -0.39 is 0 Å². The number of nitrogens with one attached hydrogen (secondary N) is 1. The highest BCUT2D eigenvalue weighted by Gasteiger charge is 2.07. The van der Waals surface area contributed by atoms with Gasteiger partial charge in [0, 0.05) is 5.38 Å². The fourth-order valence-electron chi connectivity index (χ4n) is 1.32. The van der Waals surface area contributed by atoms with Gasteiger partial charge in [-0.05, 0) is 13.0 Å². The molecule has 0 saturated carbocycles. The van der Waals surface area contributed by atoms with Gasteiger partial charge in [-0.25, -0.2) is 4.98 Å². The number of thiocarbonyl (C=S) groups is 1. The Hall–Kier alpha value is -1.60. The molecule has 0 aliphatic heterocycles. The summed E-state index contributed by atoms with van der Waals surface area (Å²) in [5, 5.41) is 13.9. The number of thiazole rings is 1. The molecule has 7 heteroatoms. The molecule has 2 heterocycles. The van der Waals surface area contributed by atoms with Gasteiger partial charge in [-0.2, -0.15) is 5.10 Å². The minimum absolute atomic E-state index is 0.303. The Morgan fingerprint density at radius 3 is 3.06 bits per heavy atom. The lowest BCUT2D eigenvalue weighted by atomic mass is 10.3. The molecule has 88 valence electrons. The van der Waals surface area contributed by atoms with Crippen LogP contribution in [0.1, 0.15) is 16.3 Å². The molecule has 3 N–H and O–H groups in total. The number of nitrogens with zero attached hydrogens (tertiary/aromatic N) is 3. The van der Waals surface area contributed by atoms with E-state index in [1.807, 2.05) is 12.3 Å². The molecule has 0 fully saturated rings. The maximum absolute atomic E-state index is 5.60. The molecular weight excluding hydrogens is 254 g/mol. The Kier molecular flexibility index (Phi) is 3.60. The lowest BCUT2D eigenvalue weighted by molar-refractivity contribution is 0.978. The van der Waals surface area contributed by atoms with Crippen LogP contribution in [0.3, 0.4) is 0 Å². The third-order valence-electron chi connectivity index (χ3n) is 2.09. The highest BCUT2D eigenvalue weighted by molar-refractivity contribution is 7.80. The van der Waals surface area contributed by atoms with Gasteiger partial charge in [-0.15, -0.1) is 16.4 Å². The van der Waals surface area contributed by atoms with Crippen molar-refractivity contribution in [2.45, 2.75) is 13.5 Å². The molecule has 0 spiro atoms. The second-order valence-electron chi connectivity index (χ2n) is 3.37. The van der Waals surface area contributed by atoms with Crippen LogP contribution in [0, 0.1) is 6.92 Å². The van der Waals surface area contributed by atoms with Gasteiger partial charge < -0.3 is 11.1 Å². The summed E-state index contributed by atoms with van der Waals surface area (Å²) in [6, 6.07) is 1.74. The number of nitrogens with two attached hydrogens (primary N) is 1. The van der Waals surface area contributed by atoms with Crippen molar-refractivity contribution in [3.8, 4) is 0 Å². The van der Waals surface area contributed by atoms with E-state index in [0.717, 1.165) is 10.7 Å². The van der Waals surface area contributed by atoms with Crippen LogP contribution in [-0.4, -0.2) is 20.2 Å². The lowest BCUT2D eigenvalue weighted by Crippen LogP contribution is -2.15. The van der Waals surface area contributed by atoms with Crippen LogP contribution in [0.2, 0.25) is 0 Å². The molecule has 0 aliphatic rings. The molecule has 0 atom stereocenters. The van der Waals surface area contributed by atoms with Crippen molar-refractivity contribution < 1.29 is 0 Å². The Labute approximate surface area is 108 Å². The SMILES string of the molecule is Cc1nc(CNc2nnccc2C(N)=S)cs1. The van der Waals surface area contributed by atoms with Gasteiger partial charge in [-0.3, -0.25) is 0 Å². The number of anilines is 1. The number of aryl methyl sites for hydroxylation is 1. The Bertz CT molecular complexity index is 537. The summed E-state index contributed by atoms with van der Waals surface area (Å²) in [6.45, 7) is 2.55. The normalized spacial score (nSPS) is 10.2. The quantitative estimate of drug-likeness (QED) is 0.816. The number of hydrogen-bond donors (Lipinski definition) is 2. The predicted molar refractivity (Wildman–Crippen MR) is 72.1 cm³/mol. The first-order valence-corrected chi connectivity index (χ1v) is 6.22. The molecule has 17 heavy (non-hydrogen) atoms. The maximum atomic E-state index is 5.60. The van der Waals surface area contributed by atoms with Crippen LogP contribution in [0.15, 0.2) is 17.6 Å². The van der Waals surface area contributed by atoms with Crippen molar-refractivity contribution in [2.75, 3.05) is 5.32 Å². The van der Waals surface area contributed by atoms with Crippen molar-refractivity contribution in [1.82, 2.24) is 15.2 Å². The molecule has 5 nitrogen and oxygen atoms in total. The molecule has 0 radical (unpaired) electrons. The fourth-order valence-corrected chi connectivity index (χ4v) is 2.10. The van der Waals surface area contributed by atoms with Crippen molar-refractivity contribution >= 4 is 34.4 Å². The van der Waals surface area contributed by atoms with Crippen molar-refractivity contribution in [1.29, 1.82) is 0 Å². The van der Waals surface area contributed by atoms with Crippen molar-refractivity contribution in [3.05, 3.63) is 33.9 Å². The highest BCUT2D eigenvalue weighted by Crippen LogP contribution is 2.13. The summed E-state index contributed by atoms with van der Waals surface area (Å²) in [7, 11) is 0. The van der Waals surface area contributed by atoms with E-state index in [0.29, 0.717) is 22.9 Å². The maximum Gasteiger partial charge on any atom is 0.159 e. The average molecular weight is 265 g/mol. The molecule has 0 aliphatic carbocycles. The van der Waals surface area contributed by atoms with Gasteiger partial charge in [0.25, 0.3) is 0 Å². The minimum Gasteiger partial charge on any atom is -0.389 e. The van der Waals surface area contributed by atoms with Crippen LogP contribution < -0.4 is 11.1 Å². The van der Waals surface area contributed by atoms with Gasteiger partial charge in [0.05, 0.1) is 29.0 Å². The van der Waals surface area contributed by atoms with Crippen LogP contribution in [-0.2, 0) is 6.54 Å². The second-order valence-corrected chi connectivity index (χ2v) is 4.87. The summed E-state index contributed by atoms with van der Waals surface area (Å²) in [4.78, 5) is 4.65. The van der Waals surface area contributed by atoms with Gasteiger partial charge in [0.1, 0.15) is 4.99 Å². The van der Waals surface area contributed by atoms with E-state index in [-0.39, 0.29) is 0 Å². The van der Waals surface area contributed by atoms with Gasteiger partial charge in [0.15, 0.2) is 5.82 Å². The fraction of sp³-hybridized carbons (Fsp3) is 0.200. The van der Waals surface area contributed by atoms with E-state index in [2.05, 4.69) is 20.5 Å². The zero-order chi connectivity index (χ0) is 12.3. The highest BCUT2D eigenvalue weighted by atomic mass is 32.1. The molecule has 0 bridgehead atoms. The van der Waals surface area contributed by atoms with E-state index in [1.54, 1.807) is 23.6 Å². The summed E-state index contributed by atoms with van der Waals surface area (Å²) in [5.74, 6) is 0.589. The van der Waals surface area contributed by atoms with E-state index in [1.165, 1.54) is 0 Å². The molecule has 0 aromatic carbocycles. The third-order valence-corrected chi connectivity index (χ3v) is 3.13. The largest absolute Gasteiger partial charge is 0.389 e. The first kappa shape index (κ1) is 11.9. The topological polar surface area (TPSA) is 76.7 Å². The van der Waals surface area contributed by atoms with Gasteiger partial charge >= 0.3 is 0 Å². The Morgan fingerprint density at radius 2 is 2.41 bits per heavy atom. The number of hydrogen-bond acceptors (Lipinski definition) is 6. The van der Waals surface area contributed by atoms with Crippen LogP contribution >= 0.6 is 23.6 Å². The van der Waals surface area contributed by atoms with Gasteiger partial charge in [0.2, 0.25) is 0 Å². The minimum atomic E-state index is 0.303. The van der Waals surface area contributed by atoms with Crippen molar-refractivity contribution in [3.63, 3.8) is 0 Å². The summed E-state index contributed by atoms with van der Waals surface area (Å²) < 4.78 is 0. The van der Waals surface area contributed by atoms with E-state index >= 15 is 0 Å². The first-order valence-electron chi connectivity index (χ1n) is 4.93. The zero-order valence-corrected chi connectivity index (χ0v) is 10.8. The smallest absolute Gasteiger partial charge is 0.159 e. The third kappa shape index (κ3) is 2.95. The average Bonchev–Trinajstić information content (AvgIpc) is 2.73. The van der Waals surface area contributed by atoms with Gasteiger partial charge in [-0.1, -0.05) is 12.2 Å². The Balaban J connectivity index is 2.11.